The van der Waals surface area contributed by atoms with Gasteiger partial charge >= 0.3 is 5.97 Å². The van der Waals surface area contributed by atoms with E-state index in [4.69, 9.17) is 10.1 Å². The van der Waals surface area contributed by atoms with E-state index in [1.54, 1.807) is 12.1 Å². The van der Waals surface area contributed by atoms with Crippen LogP contribution in [0.5, 0.6) is 0 Å². The second kappa shape index (κ2) is 11.5. The van der Waals surface area contributed by atoms with Gasteiger partial charge in [-0.2, -0.15) is 0 Å². The molecule has 1 unspecified atom stereocenters. The van der Waals surface area contributed by atoms with Gasteiger partial charge in [-0.1, -0.05) is 68.7 Å². The Hall–Kier alpha value is -3.48. The van der Waals surface area contributed by atoms with Crippen LogP contribution in [0.4, 0.5) is 0 Å². The molecule has 2 N–H and O–H groups in total. The van der Waals surface area contributed by atoms with E-state index in [9.17, 15) is 14.4 Å². The molecule has 0 radical (unpaired) electrons. The highest BCUT2D eigenvalue weighted by atomic mass is 16.4. The average molecular weight is 490 g/mol. The molecular formula is C29H35N3O4. The summed E-state index contributed by atoms with van der Waals surface area (Å²) in [6, 6.07) is 17.0. The number of carbonyl (C=O) groups excluding carboxylic acids is 2. The number of benzene rings is 2. The average Bonchev–Trinajstić information content (AvgIpc) is 3.16. The van der Waals surface area contributed by atoms with E-state index >= 15 is 0 Å². The minimum absolute atomic E-state index is 0.0142. The SMILES string of the molecule is CCCCC(c1ccc(C(=O)NCCC(=O)O)cc1)N1C(=O)C(c2ccccc2)=NC12CCCCC2. The number of hydrogen-bond acceptors (Lipinski definition) is 4. The van der Waals surface area contributed by atoms with Gasteiger partial charge in [0.1, 0.15) is 11.4 Å². The molecule has 2 aliphatic rings. The van der Waals surface area contributed by atoms with Crippen molar-refractivity contribution in [3.05, 3.63) is 71.3 Å². The molecule has 1 aliphatic carbocycles. The van der Waals surface area contributed by atoms with Crippen LogP contribution in [-0.4, -0.2) is 45.7 Å². The topological polar surface area (TPSA) is 99.1 Å². The minimum Gasteiger partial charge on any atom is -0.481 e. The van der Waals surface area contributed by atoms with Crippen molar-refractivity contribution in [3.63, 3.8) is 0 Å². The molecule has 1 saturated carbocycles. The summed E-state index contributed by atoms with van der Waals surface area (Å²) in [4.78, 5) is 44.3. The minimum atomic E-state index is -0.951. The summed E-state index contributed by atoms with van der Waals surface area (Å²) in [5.41, 5.74) is 2.35. The summed E-state index contributed by atoms with van der Waals surface area (Å²) in [5, 5.41) is 11.4. The van der Waals surface area contributed by atoms with Crippen LogP contribution in [0.1, 0.15) is 92.2 Å². The third-order valence-corrected chi connectivity index (χ3v) is 7.22. The smallest absolute Gasteiger partial charge is 0.305 e. The lowest BCUT2D eigenvalue weighted by atomic mass is 9.86. The molecule has 2 amide bonds. The van der Waals surface area contributed by atoms with Crippen molar-refractivity contribution in [3.8, 4) is 0 Å². The van der Waals surface area contributed by atoms with E-state index < -0.39 is 11.6 Å². The Bertz CT molecular complexity index is 1110. The Kier molecular flexibility index (Phi) is 8.18. The van der Waals surface area contributed by atoms with Crippen molar-refractivity contribution in [2.45, 2.75) is 76.4 Å². The molecule has 36 heavy (non-hydrogen) atoms. The Morgan fingerprint density at radius 3 is 2.39 bits per heavy atom. The molecule has 1 spiro atoms. The summed E-state index contributed by atoms with van der Waals surface area (Å²) in [7, 11) is 0. The van der Waals surface area contributed by atoms with Crippen LogP contribution < -0.4 is 5.32 Å². The number of carbonyl (C=O) groups is 3. The molecule has 2 aromatic carbocycles. The second-order valence-corrected chi connectivity index (χ2v) is 9.72. The summed E-state index contributed by atoms with van der Waals surface area (Å²) >= 11 is 0. The number of unbranched alkanes of at least 4 members (excludes halogenated alkanes) is 1. The number of nitrogens with one attached hydrogen (secondary N) is 1. The Morgan fingerprint density at radius 1 is 1.06 bits per heavy atom. The molecular weight excluding hydrogens is 454 g/mol. The fraction of sp³-hybridized carbons (Fsp3) is 0.448. The Balaban J connectivity index is 1.64. The van der Waals surface area contributed by atoms with E-state index in [2.05, 4.69) is 12.2 Å². The molecule has 1 fully saturated rings. The second-order valence-electron chi connectivity index (χ2n) is 9.72. The van der Waals surface area contributed by atoms with Crippen molar-refractivity contribution in [2.24, 2.45) is 4.99 Å². The maximum Gasteiger partial charge on any atom is 0.305 e. The van der Waals surface area contributed by atoms with Crippen LogP contribution in [0, 0.1) is 0 Å². The number of rotatable bonds is 10. The van der Waals surface area contributed by atoms with E-state index in [0.29, 0.717) is 11.3 Å². The number of aliphatic imine (C=N–C) groups is 1. The monoisotopic (exact) mass is 489 g/mol. The van der Waals surface area contributed by atoms with E-state index in [-0.39, 0.29) is 30.8 Å². The maximum absolute atomic E-state index is 14.0. The van der Waals surface area contributed by atoms with E-state index in [1.165, 1.54) is 0 Å². The lowest BCUT2D eigenvalue weighted by Gasteiger charge is -2.44. The summed E-state index contributed by atoms with van der Waals surface area (Å²) in [6.07, 6.45) is 7.67. The molecule has 0 aromatic heterocycles. The van der Waals surface area contributed by atoms with Crippen LogP contribution in [0.15, 0.2) is 59.6 Å². The number of hydrogen-bond donors (Lipinski definition) is 2. The molecule has 190 valence electrons. The highest BCUT2D eigenvalue weighted by Gasteiger charge is 2.50. The predicted molar refractivity (Wildman–Crippen MR) is 139 cm³/mol. The van der Waals surface area contributed by atoms with Crippen molar-refractivity contribution in [2.75, 3.05) is 6.54 Å². The molecule has 0 saturated heterocycles. The van der Waals surface area contributed by atoms with Gasteiger partial charge in [-0.3, -0.25) is 19.4 Å². The van der Waals surface area contributed by atoms with Crippen LogP contribution in [0.3, 0.4) is 0 Å². The maximum atomic E-state index is 14.0. The third-order valence-electron chi connectivity index (χ3n) is 7.22. The standard InChI is InChI=1S/C29H35N3O4/c1-2-3-12-24(21-13-15-23(16-14-21)27(35)30-20-17-25(33)34)32-28(36)26(22-10-6-4-7-11-22)31-29(32)18-8-5-9-19-29/h4,6-7,10-11,13-16,24H,2-3,5,8-9,12,17-20H2,1H3,(H,30,35)(H,33,34). The van der Waals surface area contributed by atoms with Crippen LogP contribution in [0.25, 0.3) is 0 Å². The fourth-order valence-electron chi connectivity index (χ4n) is 5.38. The summed E-state index contributed by atoms with van der Waals surface area (Å²) < 4.78 is 0. The predicted octanol–water partition coefficient (Wildman–Crippen LogP) is 5.11. The molecule has 0 bridgehead atoms. The number of aliphatic carboxylic acids is 1. The zero-order valence-corrected chi connectivity index (χ0v) is 20.9. The van der Waals surface area contributed by atoms with Gasteiger partial charge in [-0.25, -0.2) is 0 Å². The van der Waals surface area contributed by atoms with E-state index in [0.717, 1.165) is 62.5 Å². The molecule has 7 heteroatoms. The van der Waals surface area contributed by atoms with Gasteiger partial charge in [0.25, 0.3) is 11.8 Å². The zero-order chi connectivity index (χ0) is 25.5. The first kappa shape index (κ1) is 25.6. The van der Waals surface area contributed by atoms with Gasteiger partial charge in [-0.05, 0) is 49.8 Å². The summed E-state index contributed by atoms with van der Waals surface area (Å²) in [5.74, 6) is -1.27. The largest absolute Gasteiger partial charge is 0.481 e. The Morgan fingerprint density at radius 2 is 1.75 bits per heavy atom. The summed E-state index contributed by atoms with van der Waals surface area (Å²) in [6.45, 7) is 2.23. The van der Waals surface area contributed by atoms with Crippen molar-refractivity contribution in [1.29, 1.82) is 0 Å². The highest BCUT2D eigenvalue weighted by molar-refractivity contribution is 6.46. The third kappa shape index (κ3) is 5.50. The van der Waals surface area contributed by atoms with Gasteiger partial charge in [0.15, 0.2) is 0 Å². The molecule has 1 atom stereocenters. The fourth-order valence-corrected chi connectivity index (χ4v) is 5.38. The molecule has 1 aliphatic heterocycles. The van der Waals surface area contributed by atoms with Crippen molar-refractivity contribution < 1.29 is 19.5 Å². The lowest BCUT2D eigenvalue weighted by Crippen LogP contribution is -2.50. The number of carboxylic acid groups (broad SMARTS) is 1. The molecule has 4 rings (SSSR count). The number of nitrogens with zero attached hydrogens (tertiary/aromatic N) is 2. The lowest BCUT2D eigenvalue weighted by molar-refractivity contribution is -0.137. The van der Waals surface area contributed by atoms with Crippen molar-refractivity contribution in [1.82, 2.24) is 10.2 Å². The van der Waals surface area contributed by atoms with Gasteiger partial charge in [-0.15, -0.1) is 0 Å². The highest BCUT2D eigenvalue weighted by Crippen LogP contribution is 2.45. The van der Waals surface area contributed by atoms with Crippen LogP contribution in [-0.2, 0) is 9.59 Å². The zero-order valence-electron chi connectivity index (χ0n) is 20.9. The van der Waals surface area contributed by atoms with Crippen molar-refractivity contribution >= 4 is 23.5 Å². The normalized spacial score (nSPS) is 17.6. The van der Waals surface area contributed by atoms with Crippen LogP contribution >= 0.6 is 0 Å². The van der Waals surface area contributed by atoms with Gasteiger partial charge in [0, 0.05) is 17.7 Å². The Labute approximate surface area is 212 Å². The molecule has 7 nitrogen and oxygen atoms in total. The quantitative estimate of drug-likeness (QED) is 0.484. The van der Waals surface area contributed by atoms with Crippen LogP contribution in [0.2, 0.25) is 0 Å². The first-order chi connectivity index (χ1) is 17.4. The number of carboxylic acids is 1. The number of amides is 2. The van der Waals surface area contributed by atoms with Gasteiger partial charge < -0.3 is 15.3 Å². The van der Waals surface area contributed by atoms with Gasteiger partial charge in [0.2, 0.25) is 0 Å². The molecule has 1 heterocycles. The molecule has 2 aromatic rings. The van der Waals surface area contributed by atoms with E-state index in [1.807, 2.05) is 47.4 Å². The first-order valence-electron chi connectivity index (χ1n) is 13.0. The van der Waals surface area contributed by atoms with Gasteiger partial charge in [0.05, 0.1) is 12.5 Å². The first-order valence-corrected chi connectivity index (χ1v) is 13.0.